The lowest BCUT2D eigenvalue weighted by molar-refractivity contribution is -0.125. The molecule has 6 nitrogen and oxygen atoms in total. The number of hydrogen-bond acceptors (Lipinski definition) is 5. The number of ether oxygens (including phenoxy) is 2. The van der Waals surface area contributed by atoms with Gasteiger partial charge in [-0.2, -0.15) is 0 Å². The minimum atomic E-state index is -1.05. The quantitative estimate of drug-likeness (QED) is 0.780. The van der Waals surface area contributed by atoms with E-state index >= 15 is 0 Å². The van der Waals surface area contributed by atoms with Crippen LogP contribution in [-0.4, -0.2) is 48.3 Å². The van der Waals surface area contributed by atoms with Crippen LogP contribution in [0.2, 0.25) is 5.02 Å². The van der Waals surface area contributed by atoms with Gasteiger partial charge in [0.05, 0.1) is 30.8 Å². The van der Waals surface area contributed by atoms with Crippen LogP contribution in [0.1, 0.15) is 31.7 Å². The molecule has 1 amide bonds. The number of nitrogens with zero attached hydrogens (tertiary/aromatic N) is 1. The van der Waals surface area contributed by atoms with Crippen LogP contribution in [0.4, 0.5) is 0 Å². The van der Waals surface area contributed by atoms with Crippen molar-refractivity contribution >= 4 is 17.5 Å². The molecule has 0 spiro atoms. The number of piperidine rings is 1. The number of methoxy groups -OCH3 is 1. The van der Waals surface area contributed by atoms with Gasteiger partial charge >= 0.3 is 0 Å². The van der Waals surface area contributed by atoms with Crippen molar-refractivity contribution in [1.29, 1.82) is 0 Å². The average molecular weight is 357 g/mol. The normalized spacial score (nSPS) is 21.5. The van der Waals surface area contributed by atoms with Gasteiger partial charge in [0.25, 0.3) is 0 Å². The number of nitrogens with two attached hydrogens (primary N) is 1. The summed E-state index contributed by atoms with van der Waals surface area (Å²) in [5.74, 6) is 0.642. The molecular weight excluding hydrogens is 332 g/mol. The Hall–Kier alpha value is -1.50. The Morgan fingerprint density at radius 1 is 1.50 bits per heavy atom. The molecular formula is C17H25ClN2O4. The van der Waals surface area contributed by atoms with Gasteiger partial charge in [-0.25, -0.2) is 0 Å². The topological polar surface area (TPSA) is 85.0 Å². The Balaban J connectivity index is 2.13. The van der Waals surface area contributed by atoms with Gasteiger partial charge in [-0.1, -0.05) is 11.6 Å². The fourth-order valence-corrected chi connectivity index (χ4v) is 3.50. The fraction of sp³-hybridized carbons (Fsp3) is 0.588. The smallest absolute Gasteiger partial charge is 0.220 e. The van der Waals surface area contributed by atoms with E-state index in [0.29, 0.717) is 42.6 Å². The van der Waals surface area contributed by atoms with Crippen molar-refractivity contribution in [2.24, 2.45) is 5.73 Å². The molecule has 0 radical (unpaired) electrons. The highest BCUT2D eigenvalue weighted by atomic mass is 35.5. The van der Waals surface area contributed by atoms with Gasteiger partial charge in [-0.15, -0.1) is 0 Å². The number of amides is 1. The van der Waals surface area contributed by atoms with Crippen LogP contribution >= 0.6 is 11.6 Å². The van der Waals surface area contributed by atoms with E-state index in [1.54, 1.807) is 7.11 Å². The molecule has 0 saturated carbocycles. The SMILES string of the molecule is CCOc1c(Cl)cc(CN2CCCC(O)(CC(N)=O)C2)cc1OC. The highest BCUT2D eigenvalue weighted by molar-refractivity contribution is 6.32. The first kappa shape index (κ1) is 18.8. The van der Waals surface area contributed by atoms with Crippen LogP contribution in [0.5, 0.6) is 11.5 Å². The van der Waals surface area contributed by atoms with Crippen LogP contribution in [0.25, 0.3) is 0 Å². The van der Waals surface area contributed by atoms with E-state index in [1.165, 1.54) is 0 Å². The second-order valence-corrected chi connectivity index (χ2v) is 6.63. The third kappa shape index (κ3) is 4.75. The summed E-state index contributed by atoms with van der Waals surface area (Å²) in [7, 11) is 1.57. The van der Waals surface area contributed by atoms with Crippen molar-refractivity contribution in [2.75, 3.05) is 26.8 Å². The molecule has 1 fully saturated rings. The summed E-state index contributed by atoms with van der Waals surface area (Å²) in [6.45, 7) is 4.24. The zero-order chi connectivity index (χ0) is 17.7. The zero-order valence-electron chi connectivity index (χ0n) is 14.2. The summed E-state index contributed by atoms with van der Waals surface area (Å²) in [5.41, 5.74) is 5.15. The van der Waals surface area contributed by atoms with Gasteiger partial charge in [0.2, 0.25) is 5.91 Å². The summed E-state index contributed by atoms with van der Waals surface area (Å²) in [6, 6.07) is 3.73. The molecule has 3 N–H and O–H groups in total. The van der Waals surface area contributed by atoms with Crippen molar-refractivity contribution in [3.05, 3.63) is 22.7 Å². The van der Waals surface area contributed by atoms with E-state index in [4.69, 9.17) is 26.8 Å². The fourth-order valence-electron chi connectivity index (χ4n) is 3.22. The van der Waals surface area contributed by atoms with Crippen molar-refractivity contribution in [1.82, 2.24) is 4.90 Å². The van der Waals surface area contributed by atoms with Crippen LogP contribution in [-0.2, 0) is 11.3 Å². The van der Waals surface area contributed by atoms with Crippen LogP contribution in [0.3, 0.4) is 0 Å². The minimum absolute atomic E-state index is 0.0170. The molecule has 1 aromatic rings. The average Bonchev–Trinajstić information content (AvgIpc) is 2.48. The maximum absolute atomic E-state index is 11.2. The standard InChI is InChI=1S/C17H25ClN2O4/c1-3-24-16-13(18)7-12(8-14(16)23-2)10-20-6-4-5-17(22,11-20)9-15(19)21/h7-8,22H,3-6,9-11H2,1-2H3,(H2,19,21). The molecule has 1 aliphatic rings. The molecule has 1 heterocycles. The number of likely N-dealkylation sites (tertiary alicyclic amines) is 1. The predicted molar refractivity (Wildman–Crippen MR) is 92.4 cm³/mol. The summed E-state index contributed by atoms with van der Waals surface area (Å²) in [5, 5.41) is 11.0. The number of carbonyl (C=O) groups excluding carboxylic acids is 1. The lowest BCUT2D eigenvalue weighted by atomic mass is 9.89. The molecule has 134 valence electrons. The lowest BCUT2D eigenvalue weighted by Crippen LogP contribution is -2.49. The molecule has 1 aliphatic heterocycles. The highest BCUT2D eigenvalue weighted by Gasteiger charge is 2.34. The molecule has 0 aromatic heterocycles. The van der Waals surface area contributed by atoms with Crippen LogP contribution in [0, 0.1) is 0 Å². The molecule has 0 aliphatic carbocycles. The van der Waals surface area contributed by atoms with Gasteiger partial charge in [0.1, 0.15) is 0 Å². The largest absolute Gasteiger partial charge is 0.493 e. The van der Waals surface area contributed by atoms with Crippen molar-refractivity contribution in [3.63, 3.8) is 0 Å². The maximum Gasteiger partial charge on any atom is 0.220 e. The Morgan fingerprint density at radius 2 is 2.25 bits per heavy atom. The van der Waals surface area contributed by atoms with Gasteiger partial charge in [-0.05, 0) is 44.0 Å². The van der Waals surface area contributed by atoms with E-state index in [-0.39, 0.29) is 6.42 Å². The van der Waals surface area contributed by atoms with Gasteiger partial charge in [-0.3, -0.25) is 9.69 Å². The lowest BCUT2D eigenvalue weighted by Gasteiger charge is -2.38. The number of hydrogen-bond donors (Lipinski definition) is 2. The Labute approximate surface area is 147 Å². The van der Waals surface area contributed by atoms with E-state index in [0.717, 1.165) is 18.5 Å². The first-order valence-electron chi connectivity index (χ1n) is 8.09. The minimum Gasteiger partial charge on any atom is -0.493 e. The highest BCUT2D eigenvalue weighted by Crippen LogP contribution is 2.37. The Kier molecular flexibility index (Phi) is 6.32. The van der Waals surface area contributed by atoms with Crippen LogP contribution < -0.4 is 15.2 Å². The molecule has 24 heavy (non-hydrogen) atoms. The summed E-state index contributed by atoms with van der Waals surface area (Å²) < 4.78 is 10.9. The summed E-state index contributed by atoms with van der Waals surface area (Å²) in [6.07, 6.45) is 1.38. The van der Waals surface area contributed by atoms with Gasteiger partial charge in [0, 0.05) is 13.1 Å². The zero-order valence-corrected chi connectivity index (χ0v) is 14.9. The second-order valence-electron chi connectivity index (χ2n) is 6.22. The molecule has 1 unspecified atom stereocenters. The third-order valence-corrected chi connectivity index (χ3v) is 4.40. The van der Waals surface area contributed by atoms with Crippen molar-refractivity contribution in [3.8, 4) is 11.5 Å². The van der Waals surface area contributed by atoms with Crippen molar-refractivity contribution < 1.29 is 19.4 Å². The van der Waals surface area contributed by atoms with E-state index in [2.05, 4.69) is 4.90 Å². The summed E-state index contributed by atoms with van der Waals surface area (Å²) in [4.78, 5) is 13.3. The van der Waals surface area contributed by atoms with E-state index < -0.39 is 11.5 Å². The number of aliphatic hydroxyl groups is 1. The van der Waals surface area contributed by atoms with Crippen molar-refractivity contribution in [2.45, 2.75) is 38.3 Å². The number of halogens is 1. The first-order chi connectivity index (χ1) is 11.4. The number of carbonyl (C=O) groups is 1. The Bertz CT molecular complexity index is 596. The molecule has 1 saturated heterocycles. The number of β-amino-alcohol motifs (C(OH)–C–C–N with tert-alkyl or cyclic N) is 1. The van der Waals surface area contributed by atoms with E-state index in [1.807, 2.05) is 19.1 Å². The first-order valence-corrected chi connectivity index (χ1v) is 8.47. The van der Waals surface area contributed by atoms with Crippen LogP contribution in [0.15, 0.2) is 12.1 Å². The monoisotopic (exact) mass is 356 g/mol. The molecule has 0 bridgehead atoms. The Morgan fingerprint density at radius 3 is 2.88 bits per heavy atom. The molecule has 7 heteroatoms. The van der Waals surface area contributed by atoms with Gasteiger partial charge in [0.15, 0.2) is 11.5 Å². The summed E-state index contributed by atoms with van der Waals surface area (Å²) >= 11 is 6.30. The number of rotatable bonds is 7. The maximum atomic E-state index is 11.2. The molecule has 2 rings (SSSR count). The number of benzene rings is 1. The molecule has 1 atom stereocenters. The predicted octanol–water partition coefficient (Wildman–Crippen LogP) is 1.95. The number of primary amides is 1. The molecule has 1 aromatic carbocycles. The third-order valence-electron chi connectivity index (χ3n) is 4.12. The second kappa shape index (κ2) is 8.05. The van der Waals surface area contributed by atoms with Gasteiger partial charge < -0.3 is 20.3 Å². The van der Waals surface area contributed by atoms with E-state index in [9.17, 15) is 9.90 Å².